The van der Waals surface area contributed by atoms with E-state index in [1.165, 1.54) is 11.3 Å². The number of thiazole rings is 1. The van der Waals surface area contributed by atoms with E-state index in [9.17, 15) is 4.79 Å². The molecule has 5 heteroatoms. The molecule has 100 valence electrons. The van der Waals surface area contributed by atoms with Gasteiger partial charge in [-0.1, -0.05) is 17.4 Å². The van der Waals surface area contributed by atoms with Crippen LogP contribution in [0.1, 0.15) is 33.7 Å². The average Bonchev–Trinajstić information content (AvgIpc) is 2.71. The summed E-state index contributed by atoms with van der Waals surface area (Å²) in [5.74, 6) is 0.0725. The van der Waals surface area contributed by atoms with Crippen LogP contribution in [-0.4, -0.2) is 22.8 Å². The lowest BCUT2D eigenvalue weighted by molar-refractivity contribution is 0.102. The van der Waals surface area contributed by atoms with Gasteiger partial charge in [-0.2, -0.15) is 0 Å². The molecule has 2 aromatic rings. The number of rotatable bonds is 4. The highest BCUT2D eigenvalue weighted by Gasteiger charge is 2.14. The molecule has 0 unspecified atom stereocenters. The molecule has 4 nitrogen and oxygen atoms in total. The zero-order valence-electron chi connectivity index (χ0n) is 11.6. The summed E-state index contributed by atoms with van der Waals surface area (Å²) >= 11 is 1.44. The molecule has 0 aromatic carbocycles. The highest BCUT2D eigenvalue weighted by Crippen LogP contribution is 2.26. The Morgan fingerprint density at radius 2 is 2.05 bits per heavy atom. The van der Waals surface area contributed by atoms with Crippen LogP contribution in [0.3, 0.4) is 0 Å². The minimum absolute atomic E-state index is 0.0725. The maximum atomic E-state index is 11.4. The molecule has 0 aliphatic carbocycles. The lowest BCUT2D eigenvalue weighted by Crippen LogP contribution is -2.17. The van der Waals surface area contributed by atoms with Gasteiger partial charge in [0.1, 0.15) is 0 Å². The number of aromatic nitrogens is 2. The van der Waals surface area contributed by atoms with Crippen molar-refractivity contribution in [3.63, 3.8) is 0 Å². The minimum Gasteiger partial charge on any atom is -0.345 e. The van der Waals surface area contributed by atoms with E-state index in [1.807, 2.05) is 44.0 Å². The predicted octanol–water partition coefficient (Wildman–Crippen LogP) is 2.99. The van der Waals surface area contributed by atoms with Crippen LogP contribution in [0.25, 0.3) is 0 Å². The van der Waals surface area contributed by atoms with Gasteiger partial charge in [-0.25, -0.2) is 4.98 Å². The standard InChI is InChI=1S/C14H17N3OS/c1-9-6-5-7-12(15-9)8-17(4)14-16-10(2)13(19-14)11(3)18/h5-7H,8H2,1-4H3. The van der Waals surface area contributed by atoms with Crippen molar-refractivity contribution in [3.8, 4) is 0 Å². The Morgan fingerprint density at radius 1 is 1.32 bits per heavy atom. The Labute approximate surface area is 117 Å². The van der Waals surface area contributed by atoms with Gasteiger partial charge in [0.2, 0.25) is 0 Å². The van der Waals surface area contributed by atoms with Gasteiger partial charge in [0.05, 0.1) is 22.8 Å². The first-order valence-corrected chi connectivity index (χ1v) is 6.91. The van der Waals surface area contributed by atoms with Crippen molar-refractivity contribution >= 4 is 22.3 Å². The molecule has 0 N–H and O–H groups in total. The molecule has 0 amide bonds. The van der Waals surface area contributed by atoms with Crippen LogP contribution in [0.4, 0.5) is 5.13 Å². The highest BCUT2D eigenvalue weighted by atomic mass is 32.1. The molecule has 2 rings (SSSR count). The van der Waals surface area contributed by atoms with Crippen LogP contribution < -0.4 is 4.90 Å². The first-order valence-electron chi connectivity index (χ1n) is 6.09. The van der Waals surface area contributed by atoms with E-state index in [-0.39, 0.29) is 5.78 Å². The lowest BCUT2D eigenvalue weighted by atomic mass is 10.3. The number of anilines is 1. The minimum atomic E-state index is 0.0725. The van der Waals surface area contributed by atoms with Crippen molar-refractivity contribution in [2.24, 2.45) is 0 Å². The van der Waals surface area contributed by atoms with Crippen LogP contribution in [0, 0.1) is 13.8 Å². The van der Waals surface area contributed by atoms with Crippen LogP contribution in [0.15, 0.2) is 18.2 Å². The van der Waals surface area contributed by atoms with Gasteiger partial charge in [-0.3, -0.25) is 9.78 Å². The molecular weight excluding hydrogens is 258 g/mol. The van der Waals surface area contributed by atoms with E-state index in [4.69, 9.17) is 0 Å². The summed E-state index contributed by atoms with van der Waals surface area (Å²) in [7, 11) is 1.96. The predicted molar refractivity (Wildman–Crippen MR) is 77.9 cm³/mol. The molecule has 19 heavy (non-hydrogen) atoms. The summed E-state index contributed by atoms with van der Waals surface area (Å²) in [5.41, 5.74) is 2.81. The van der Waals surface area contributed by atoms with E-state index < -0.39 is 0 Å². The molecule has 0 saturated heterocycles. The van der Waals surface area contributed by atoms with Crippen LogP contribution in [0.5, 0.6) is 0 Å². The second kappa shape index (κ2) is 5.48. The number of carbonyl (C=O) groups excluding carboxylic acids is 1. The number of hydrogen-bond donors (Lipinski definition) is 0. The first kappa shape index (κ1) is 13.7. The molecule has 0 aliphatic heterocycles. The summed E-state index contributed by atoms with van der Waals surface area (Å²) in [6.07, 6.45) is 0. The topological polar surface area (TPSA) is 46.1 Å². The Bertz CT molecular complexity index is 606. The average molecular weight is 275 g/mol. The van der Waals surface area contributed by atoms with Gasteiger partial charge in [-0.15, -0.1) is 0 Å². The van der Waals surface area contributed by atoms with Gasteiger partial charge in [0, 0.05) is 19.7 Å². The molecule has 0 aliphatic rings. The zero-order valence-corrected chi connectivity index (χ0v) is 12.4. The number of ketones is 1. The molecule has 2 heterocycles. The van der Waals surface area contributed by atoms with E-state index in [1.54, 1.807) is 6.92 Å². The summed E-state index contributed by atoms with van der Waals surface area (Å²) in [6.45, 7) is 6.11. The second-order valence-electron chi connectivity index (χ2n) is 4.59. The number of carbonyl (C=O) groups is 1. The highest BCUT2D eigenvalue weighted by molar-refractivity contribution is 7.17. The monoisotopic (exact) mass is 275 g/mol. The van der Waals surface area contributed by atoms with Crippen molar-refractivity contribution in [1.82, 2.24) is 9.97 Å². The maximum absolute atomic E-state index is 11.4. The van der Waals surface area contributed by atoms with E-state index in [0.29, 0.717) is 6.54 Å². The van der Waals surface area contributed by atoms with Crippen molar-refractivity contribution in [2.75, 3.05) is 11.9 Å². The molecule has 0 fully saturated rings. The van der Waals surface area contributed by atoms with Gasteiger partial charge >= 0.3 is 0 Å². The van der Waals surface area contributed by atoms with E-state index in [0.717, 1.165) is 27.1 Å². The molecule has 0 bridgehead atoms. The second-order valence-corrected chi connectivity index (χ2v) is 5.57. The van der Waals surface area contributed by atoms with Gasteiger partial charge in [0.15, 0.2) is 10.9 Å². The van der Waals surface area contributed by atoms with Crippen molar-refractivity contribution < 1.29 is 4.79 Å². The number of aryl methyl sites for hydroxylation is 2. The lowest BCUT2D eigenvalue weighted by Gasteiger charge is -2.15. The van der Waals surface area contributed by atoms with Gasteiger partial charge in [0.25, 0.3) is 0 Å². The van der Waals surface area contributed by atoms with Gasteiger partial charge in [-0.05, 0) is 26.0 Å². The third-order valence-electron chi connectivity index (χ3n) is 2.78. The third-order valence-corrected chi connectivity index (χ3v) is 4.15. The Morgan fingerprint density at radius 3 is 2.63 bits per heavy atom. The first-order chi connectivity index (χ1) is 8.97. The molecule has 0 spiro atoms. The van der Waals surface area contributed by atoms with Crippen molar-refractivity contribution in [1.29, 1.82) is 0 Å². The summed E-state index contributed by atoms with van der Waals surface area (Å²) in [5, 5.41) is 0.853. The van der Waals surface area contributed by atoms with E-state index >= 15 is 0 Å². The van der Waals surface area contributed by atoms with Crippen molar-refractivity contribution in [2.45, 2.75) is 27.3 Å². The van der Waals surface area contributed by atoms with Crippen LogP contribution in [-0.2, 0) is 6.54 Å². The number of pyridine rings is 1. The van der Waals surface area contributed by atoms with E-state index in [2.05, 4.69) is 9.97 Å². The summed E-state index contributed by atoms with van der Waals surface area (Å²) in [6, 6.07) is 5.97. The Hall–Kier alpha value is -1.75. The fourth-order valence-electron chi connectivity index (χ4n) is 1.87. The molecule has 0 atom stereocenters. The molecule has 0 saturated carbocycles. The fourth-order valence-corrected chi connectivity index (χ4v) is 2.79. The largest absolute Gasteiger partial charge is 0.345 e. The molecule has 0 radical (unpaired) electrons. The van der Waals surface area contributed by atoms with Gasteiger partial charge < -0.3 is 4.90 Å². The molecule has 2 aromatic heterocycles. The quantitative estimate of drug-likeness (QED) is 0.805. The molecular formula is C14H17N3OS. The summed E-state index contributed by atoms with van der Waals surface area (Å²) < 4.78 is 0. The number of hydrogen-bond acceptors (Lipinski definition) is 5. The fraction of sp³-hybridized carbons (Fsp3) is 0.357. The SMILES string of the molecule is CC(=O)c1sc(N(C)Cc2cccc(C)n2)nc1C. The Kier molecular flexibility index (Phi) is 3.95. The normalized spacial score (nSPS) is 10.5. The zero-order chi connectivity index (χ0) is 14.0. The van der Waals surface area contributed by atoms with Crippen LogP contribution in [0.2, 0.25) is 0 Å². The smallest absolute Gasteiger partial charge is 0.186 e. The number of nitrogens with zero attached hydrogens (tertiary/aromatic N) is 3. The third kappa shape index (κ3) is 3.17. The van der Waals surface area contributed by atoms with Crippen LogP contribution >= 0.6 is 11.3 Å². The summed E-state index contributed by atoms with van der Waals surface area (Å²) in [4.78, 5) is 23.1. The number of Topliss-reactive ketones (excluding diaryl/α,β-unsaturated/α-hetero) is 1. The Balaban J connectivity index is 2.18. The maximum Gasteiger partial charge on any atom is 0.186 e. The van der Waals surface area contributed by atoms with Crippen molar-refractivity contribution in [3.05, 3.63) is 40.2 Å².